The van der Waals surface area contributed by atoms with Crippen molar-refractivity contribution in [3.05, 3.63) is 17.6 Å². The van der Waals surface area contributed by atoms with E-state index in [0.29, 0.717) is 0 Å². The molecule has 0 aromatic carbocycles. The van der Waals surface area contributed by atoms with E-state index in [9.17, 15) is 4.79 Å². The molecule has 0 bridgehead atoms. The van der Waals surface area contributed by atoms with Crippen LogP contribution in [0.5, 0.6) is 0 Å². The number of alkyl halides is 1. The number of hydrogen-bond acceptors (Lipinski definition) is 4. The number of aromatic nitrogens is 2. The summed E-state index contributed by atoms with van der Waals surface area (Å²) in [6, 6.07) is 0. The van der Waals surface area contributed by atoms with Crippen molar-refractivity contribution in [2.24, 2.45) is 0 Å². The van der Waals surface area contributed by atoms with E-state index < -0.39 is 5.97 Å². The Balaban J connectivity index is 3.13. The van der Waals surface area contributed by atoms with Gasteiger partial charge in [-0.3, -0.25) is 0 Å². The summed E-state index contributed by atoms with van der Waals surface area (Å²) in [5.41, 5.74) is 5.22. The number of carboxylic acids is 1. The Bertz CT molecular complexity index is 422. The van der Waals surface area contributed by atoms with Crippen LogP contribution in [0.25, 0.3) is 0 Å². The van der Waals surface area contributed by atoms with Crippen LogP contribution in [0.2, 0.25) is 0 Å². The summed E-state index contributed by atoms with van der Waals surface area (Å²) < 4.78 is 0. The van der Waals surface area contributed by atoms with Crippen molar-refractivity contribution in [2.75, 3.05) is 11.6 Å². The SMILES string of the molecule is Nc1ncc(C#CCCl)nc1C(=O)O. The molecule has 0 saturated heterocycles. The summed E-state index contributed by atoms with van der Waals surface area (Å²) in [5, 5.41) is 8.66. The van der Waals surface area contributed by atoms with E-state index >= 15 is 0 Å². The van der Waals surface area contributed by atoms with Gasteiger partial charge in [0.2, 0.25) is 0 Å². The van der Waals surface area contributed by atoms with E-state index in [1.165, 1.54) is 6.20 Å². The first-order valence-corrected chi connectivity index (χ1v) is 4.09. The number of hydrogen-bond donors (Lipinski definition) is 2. The minimum absolute atomic E-state index is 0.131. The topological polar surface area (TPSA) is 89.1 Å². The van der Waals surface area contributed by atoms with Crippen molar-refractivity contribution in [3.8, 4) is 11.8 Å². The Hall–Kier alpha value is -1.80. The van der Waals surface area contributed by atoms with Crippen LogP contribution in [0.15, 0.2) is 6.20 Å². The molecule has 0 saturated carbocycles. The van der Waals surface area contributed by atoms with Crippen LogP contribution >= 0.6 is 11.6 Å². The molecular formula is C8H6ClN3O2. The molecule has 5 nitrogen and oxygen atoms in total. The minimum Gasteiger partial charge on any atom is -0.476 e. The molecule has 1 aromatic rings. The van der Waals surface area contributed by atoms with Gasteiger partial charge in [0.05, 0.1) is 12.1 Å². The van der Waals surface area contributed by atoms with Crippen molar-refractivity contribution < 1.29 is 9.90 Å². The number of aromatic carboxylic acids is 1. The van der Waals surface area contributed by atoms with E-state index in [4.69, 9.17) is 22.4 Å². The Kier molecular flexibility index (Phi) is 3.26. The van der Waals surface area contributed by atoms with Gasteiger partial charge < -0.3 is 10.8 Å². The molecule has 1 heterocycles. The number of carboxylic acid groups (broad SMARTS) is 1. The lowest BCUT2D eigenvalue weighted by Gasteiger charge is -1.97. The van der Waals surface area contributed by atoms with Crippen molar-refractivity contribution in [1.82, 2.24) is 9.97 Å². The van der Waals surface area contributed by atoms with E-state index in [0.717, 1.165) is 0 Å². The fraction of sp³-hybridized carbons (Fsp3) is 0.125. The number of nitrogens with two attached hydrogens (primary N) is 1. The molecule has 0 aliphatic rings. The number of carbonyl (C=O) groups is 1. The fourth-order valence-corrected chi connectivity index (χ4v) is 0.807. The molecule has 0 atom stereocenters. The molecule has 0 amide bonds. The maximum atomic E-state index is 10.6. The first-order valence-electron chi connectivity index (χ1n) is 3.55. The number of halogens is 1. The molecule has 0 radical (unpaired) electrons. The van der Waals surface area contributed by atoms with Crippen LogP contribution in [-0.4, -0.2) is 26.9 Å². The molecule has 0 aliphatic carbocycles. The quantitative estimate of drug-likeness (QED) is 0.517. The molecule has 0 unspecified atom stereocenters. The monoisotopic (exact) mass is 211 g/mol. The van der Waals surface area contributed by atoms with Crippen molar-refractivity contribution in [1.29, 1.82) is 0 Å². The van der Waals surface area contributed by atoms with Gasteiger partial charge in [-0.25, -0.2) is 14.8 Å². The van der Waals surface area contributed by atoms with Crippen LogP contribution in [0.4, 0.5) is 5.82 Å². The highest BCUT2D eigenvalue weighted by molar-refractivity contribution is 6.19. The molecule has 1 aromatic heterocycles. The van der Waals surface area contributed by atoms with Crippen LogP contribution in [0.1, 0.15) is 16.2 Å². The molecule has 14 heavy (non-hydrogen) atoms. The van der Waals surface area contributed by atoms with Gasteiger partial charge in [0.15, 0.2) is 11.5 Å². The maximum absolute atomic E-state index is 10.6. The lowest BCUT2D eigenvalue weighted by atomic mass is 10.3. The molecule has 1 rings (SSSR count). The van der Waals surface area contributed by atoms with Crippen molar-refractivity contribution >= 4 is 23.4 Å². The summed E-state index contributed by atoms with van der Waals surface area (Å²) in [6.07, 6.45) is 1.29. The third kappa shape index (κ3) is 2.34. The van der Waals surface area contributed by atoms with Gasteiger partial charge in [-0.1, -0.05) is 5.92 Å². The standard InChI is InChI=1S/C8H6ClN3O2/c9-3-1-2-5-4-11-7(10)6(12-5)8(13)14/h4H,3H2,(H2,10,11)(H,13,14). The van der Waals surface area contributed by atoms with Gasteiger partial charge in [0.1, 0.15) is 5.69 Å². The van der Waals surface area contributed by atoms with Gasteiger partial charge >= 0.3 is 5.97 Å². The molecular weight excluding hydrogens is 206 g/mol. The van der Waals surface area contributed by atoms with E-state index in [2.05, 4.69) is 21.8 Å². The lowest BCUT2D eigenvalue weighted by Crippen LogP contribution is -2.08. The normalized spacial score (nSPS) is 8.93. The van der Waals surface area contributed by atoms with Crippen LogP contribution < -0.4 is 5.73 Å². The number of rotatable bonds is 1. The van der Waals surface area contributed by atoms with Crippen LogP contribution in [0, 0.1) is 11.8 Å². The second-order valence-corrected chi connectivity index (χ2v) is 2.50. The fourth-order valence-electron chi connectivity index (χ4n) is 0.740. The van der Waals surface area contributed by atoms with Crippen molar-refractivity contribution in [3.63, 3.8) is 0 Å². The second kappa shape index (κ2) is 4.44. The summed E-state index contributed by atoms with van der Waals surface area (Å²) in [4.78, 5) is 17.9. The minimum atomic E-state index is -1.23. The van der Waals surface area contributed by atoms with Gasteiger partial charge in [-0.15, -0.1) is 11.6 Å². The van der Waals surface area contributed by atoms with E-state index in [1.807, 2.05) is 0 Å². The average molecular weight is 212 g/mol. The molecule has 0 fully saturated rings. The average Bonchev–Trinajstić information content (AvgIpc) is 2.16. The van der Waals surface area contributed by atoms with Gasteiger partial charge in [-0.05, 0) is 5.92 Å². The zero-order valence-corrected chi connectivity index (χ0v) is 7.75. The predicted molar refractivity (Wildman–Crippen MR) is 51.0 cm³/mol. The first kappa shape index (κ1) is 10.3. The van der Waals surface area contributed by atoms with E-state index in [1.54, 1.807) is 0 Å². The largest absolute Gasteiger partial charge is 0.476 e. The van der Waals surface area contributed by atoms with Crippen LogP contribution in [0.3, 0.4) is 0 Å². The lowest BCUT2D eigenvalue weighted by molar-refractivity contribution is 0.0691. The highest BCUT2D eigenvalue weighted by atomic mass is 35.5. The maximum Gasteiger partial charge on any atom is 0.358 e. The third-order valence-electron chi connectivity index (χ3n) is 1.29. The number of nitrogen functional groups attached to an aromatic ring is 1. The molecule has 72 valence electrons. The Morgan fingerprint density at radius 2 is 2.43 bits per heavy atom. The third-order valence-corrected chi connectivity index (χ3v) is 1.42. The molecule has 6 heteroatoms. The van der Waals surface area contributed by atoms with Crippen molar-refractivity contribution in [2.45, 2.75) is 0 Å². The summed E-state index contributed by atoms with van der Waals surface area (Å²) in [5.74, 6) is 3.86. The highest BCUT2D eigenvalue weighted by Crippen LogP contribution is 2.04. The number of nitrogens with zero attached hydrogens (tertiary/aromatic N) is 2. The Morgan fingerprint density at radius 3 is 3.00 bits per heavy atom. The van der Waals surface area contributed by atoms with Gasteiger partial charge in [-0.2, -0.15) is 0 Å². The highest BCUT2D eigenvalue weighted by Gasteiger charge is 2.10. The summed E-state index contributed by atoms with van der Waals surface area (Å²) in [6.45, 7) is 0. The zero-order chi connectivity index (χ0) is 10.6. The van der Waals surface area contributed by atoms with Gasteiger partial charge in [0.25, 0.3) is 0 Å². The van der Waals surface area contributed by atoms with Crippen LogP contribution in [-0.2, 0) is 0 Å². The smallest absolute Gasteiger partial charge is 0.358 e. The Morgan fingerprint density at radius 1 is 1.71 bits per heavy atom. The summed E-state index contributed by atoms with van der Waals surface area (Å²) >= 11 is 5.32. The zero-order valence-electron chi connectivity index (χ0n) is 6.99. The molecule has 3 N–H and O–H groups in total. The summed E-state index contributed by atoms with van der Waals surface area (Å²) in [7, 11) is 0. The molecule has 0 aliphatic heterocycles. The Labute approximate surface area is 84.9 Å². The second-order valence-electron chi connectivity index (χ2n) is 2.23. The van der Waals surface area contributed by atoms with E-state index in [-0.39, 0.29) is 23.1 Å². The predicted octanol–water partition coefficient (Wildman–Crippen LogP) is 0.347. The first-order chi connectivity index (χ1) is 6.65. The number of anilines is 1. The van der Waals surface area contributed by atoms with Gasteiger partial charge in [0, 0.05) is 0 Å². The molecule has 0 spiro atoms.